The lowest BCUT2D eigenvalue weighted by Gasteiger charge is -1.99. The van der Waals surface area contributed by atoms with Crippen molar-refractivity contribution in [1.82, 2.24) is 30.3 Å². The van der Waals surface area contributed by atoms with Gasteiger partial charge in [0.2, 0.25) is 18.4 Å². The van der Waals surface area contributed by atoms with Crippen molar-refractivity contribution in [2.24, 2.45) is 0 Å². The minimum absolute atomic E-state index is 0.158. The Hall–Kier alpha value is -4.28. The molecule has 2 aromatic carbocycles. The third-order valence-corrected chi connectivity index (χ3v) is 4.39. The number of hydrogen-bond acceptors (Lipinski definition) is 10. The second-order valence-electron chi connectivity index (χ2n) is 6.29. The van der Waals surface area contributed by atoms with E-state index in [0.29, 0.717) is 40.2 Å². The van der Waals surface area contributed by atoms with E-state index in [1.807, 2.05) is 6.07 Å². The number of tetrazole rings is 1. The Morgan fingerprint density at radius 1 is 1.07 bits per heavy atom. The molecule has 0 atom stereocenters. The highest BCUT2D eigenvalue weighted by molar-refractivity contribution is 5.89. The predicted octanol–water partition coefficient (Wildman–Crippen LogP) is 1.95. The summed E-state index contributed by atoms with van der Waals surface area (Å²) in [5.74, 6) is 2.06. The van der Waals surface area contributed by atoms with E-state index in [-0.39, 0.29) is 13.3 Å². The summed E-state index contributed by atoms with van der Waals surface area (Å²) in [6.07, 6.45) is 0. The van der Waals surface area contributed by atoms with E-state index >= 15 is 0 Å². The number of aromatic nitrogens is 6. The van der Waals surface area contributed by atoms with Gasteiger partial charge in [-0.1, -0.05) is 17.3 Å². The van der Waals surface area contributed by atoms with Crippen LogP contribution in [0.2, 0.25) is 0 Å². The molecule has 0 amide bonds. The molecule has 4 aromatic rings. The minimum atomic E-state index is -0.409. The maximum absolute atomic E-state index is 11.5. The zero-order valence-electron chi connectivity index (χ0n) is 15.7. The zero-order chi connectivity index (χ0) is 20.5. The summed E-state index contributed by atoms with van der Waals surface area (Å²) in [6.45, 7) is 0.354. The van der Waals surface area contributed by atoms with Crippen molar-refractivity contribution in [3.63, 3.8) is 0 Å². The number of hydrogen-bond donors (Lipinski definition) is 0. The Bertz CT molecular complexity index is 1220. The molecule has 5 rings (SSSR count). The number of methoxy groups -OCH3 is 1. The molecule has 11 heteroatoms. The van der Waals surface area contributed by atoms with Crippen molar-refractivity contribution in [3.8, 4) is 34.3 Å². The third kappa shape index (κ3) is 3.32. The molecule has 1 aliphatic heterocycles. The van der Waals surface area contributed by atoms with Gasteiger partial charge in [-0.25, -0.2) is 4.79 Å². The highest BCUT2D eigenvalue weighted by atomic mass is 16.7. The van der Waals surface area contributed by atoms with Gasteiger partial charge in [0.1, 0.15) is 6.54 Å². The quantitative estimate of drug-likeness (QED) is 0.454. The highest BCUT2D eigenvalue weighted by Gasteiger charge is 2.17. The van der Waals surface area contributed by atoms with Crippen LogP contribution in [-0.2, 0) is 11.3 Å². The molecule has 0 saturated carbocycles. The van der Waals surface area contributed by atoms with E-state index in [9.17, 15) is 4.79 Å². The lowest BCUT2D eigenvalue weighted by Crippen LogP contribution is -2.04. The molecule has 2 aromatic heterocycles. The molecule has 30 heavy (non-hydrogen) atoms. The Morgan fingerprint density at radius 3 is 2.70 bits per heavy atom. The number of rotatable bonds is 5. The van der Waals surface area contributed by atoms with E-state index in [0.717, 1.165) is 5.56 Å². The molecule has 0 aliphatic carbocycles. The highest BCUT2D eigenvalue weighted by Crippen LogP contribution is 2.35. The van der Waals surface area contributed by atoms with E-state index < -0.39 is 5.97 Å². The molecule has 1 aliphatic rings. The normalized spacial score (nSPS) is 12.2. The van der Waals surface area contributed by atoms with Crippen LogP contribution in [0.3, 0.4) is 0 Å². The number of ether oxygens (including phenoxy) is 3. The molecule has 0 unspecified atom stereocenters. The maximum Gasteiger partial charge on any atom is 0.337 e. The first-order valence-corrected chi connectivity index (χ1v) is 8.89. The SMILES string of the molecule is COC(=O)c1ccc(-c2nnn(Cc3nc(-c4ccc5c(c4)OCO5)no3)n2)cc1. The van der Waals surface area contributed by atoms with Crippen LogP contribution >= 0.6 is 0 Å². The van der Waals surface area contributed by atoms with Gasteiger partial charge in [-0.2, -0.15) is 9.78 Å². The van der Waals surface area contributed by atoms with Gasteiger partial charge in [-0.3, -0.25) is 0 Å². The Balaban J connectivity index is 1.31. The zero-order valence-corrected chi connectivity index (χ0v) is 15.7. The van der Waals surface area contributed by atoms with Crippen molar-refractivity contribution in [3.05, 3.63) is 53.9 Å². The molecule has 0 bridgehead atoms. The Morgan fingerprint density at radius 2 is 1.87 bits per heavy atom. The van der Waals surface area contributed by atoms with Gasteiger partial charge in [-0.15, -0.1) is 10.2 Å². The number of carbonyl (C=O) groups excluding carboxylic acids is 1. The summed E-state index contributed by atoms with van der Waals surface area (Å²) in [7, 11) is 1.33. The standard InChI is InChI=1S/C19H14N6O5/c1-27-19(26)12-4-2-11(3-5-12)18-21-24-25(22-18)9-16-20-17(23-30-16)13-6-7-14-15(8-13)29-10-28-14/h2-8H,9-10H2,1H3. The topological polar surface area (TPSA) is 127 Å². The van der Waals surface area contributed by atoms with Crippen LogP contribution in [0, 0.1) is 0 Å². The average Bonchev–Trinajstić information content (AvgIpc) is 3.54. The molecule has 150 valence electrons. The van der Waals surface area contributed by atoms with Gasteiger partial charge in [0, 0.05) is 11.1 Å². The summed E-state index contributed by atoms with van der Waals surface area (Å²) < 4.78 is 20.7. The molecule has 3 heterocycles. The van der Waals surface area contributed by atoms with Crippen molar-refractivity contribution < 1.29 is 23.5 Å². The first kappa shape index (κ1) is 17.8. The monoisotopic (exact) mass is 406 g/mol. The largest absolute Gasteiger partial charge is 0.465 e. The van der Waals surface area contributed by atoms with Crippen molar-refractivity contribution in [2.75, 3.05) is 13.9 Å². The molecule has 0 spiro atoms. The fourth-order valence-electron chi connectivity index (χ4n) is 2.89. The Kier molecular flexibility index (Phi) is 4.32. The summed E-state index contributed by atoms with van der Waals surface area (Å²) in [6, 6.07) is 12.1. The van der Waals surface area contributed by atoms with Crippen molar-refractivity contribution in [2.45, 2.75) is 6.54 Å². The smallest absolute Gasteiger partial charge is 0.337 e. The molecular weight excluding hydrogens is 392 g/mol. The minimum Gasteiger partial charge on any atom is -0.465 e. The number of esters is 1. The predicted molar refractivity (Wildman–Crippen MR) is 99.6 cm³/mol. The van der Waals surface area contributed by atoms with Crippen LogP contribution in [0.25, 0.3) is 22.8 Å². The van der Waals surface area contributed by atoms with Gasteiger partial charge in [0.25, 0.3) is 5.89 Å². The first-order chi connectivity index (χ1) is 14.7. The third-order valence-electron chi connectivity index (χ3n) is 4.39. The van der Waals surface area contributed by atoms with Crippen LogP contribution in [0.15, 0.2) is 47.0 Å². The maximum atomic E-state index is 11.5. The summed E-state index contributed by atoms with van der Waals surface area (Å²) in [5.41, 5.74) is 1.89. The van der Waals surface area contributed by atoms with Gasteiger partial charge < -0.3 is 18.7 Å². The Labute approximate surface area is 169 Å². The van der Waals surface area contributed by atoms with E-state index in [1.54, 1.807) is 36.4 Å². The fraction of sp³-hybridized carbons (Fsp3) is 0.158. The molecule has 11 nitrogen and oxygen atoms in total. The average molecular weight is 406 g/mol. The molecule has 0 N–H and O–H groups in total. The van der Waals surface area contributed by atoms with Crippen LogP contribution in [0.4, 0.5) is 0 Å². The van der Waals surface area contributed by atoms with E-state index in [4.69, 9.17) is 14.0 Å². The molecule has 0 saturated heterocycles. The van der Waals surface area contributed by atoms with Gasteiger partial charge in [0.05, 0.1) is 12.7 Å². The second-order valence-corrected chi connectivity index (χ2v) is 6.29. The lowest BCUT2D eigenvalue weighted by atomic mass is 10.1. The number of fused-ring (bicyclic) bond motifs is 1. The fourth-order valence-corrected chi connectivity index (χ4v) is 2.89. The van der Waals surface area contributed by atoms with E-state index in [2.05, 4.69) is 30.3 Å². The number of nitrogens with zero attached hydrogens (tertiary/aromatic N) is 6. The van der Waals surface area contributed by atoms with Gasteiger partial charge in [0.15, 0.2) is 11.5 Å². The molecule has 0 radical (unpaired) electrons. The van der Waals surface area contributed by atoms with Crippen LogP contribution < -0.4 is 9.47 Å². The van der Waals surface area contributed by atoms with Crippen LogP contribution in [0.1, 0.15) is 16.2 Å². The van der Waals surface area contributed by atoms with Gasteiger partial charge >= 0.3 is 5.97 Å². The first-order valence-electron chi connectivity index (χ1n) is 8.89. The van der Waals surface area contributed by atoms with Gasteiger partial charge in [-0.05, 0) is 35.5 Å². The number of carbonyl (C=O) groups is 1. The summed E-state index contributed by atoms with van der Waals surface area (Å²) in [4.78, 5) is 17.2. The summed E-state index contributed by atoms with van der Waals surface area (Å²) >= 11 is 0. The van der Waals surface area contributed by atoms with E-state index in [1.165, 1.54) is 11.9 Å². The van der Waals surface area contributed by atoms with Crippen LogP contribution in [0.5, 0.6) is 11.5 Å². The van der Waals surface area contributed by atoms with Crippen molar-refractivity contribution in [1.29, 1.82) is 0 Å². The molecule has 0 fully saturated rings. The number of benzene rings is 2. The van der Waals surface area contributed by atoms with Crippen molar-refractivity contribution >= 4 is 5.97 Å². The second kappa shape index (κ2) is 7.28. The summed E-state index contributed by atoms with van der Waals surface area (Å²) in [5, 5.41) is 16.3. The van der Waals surface area contributed by atoms with Crippen LogP contribution in [-0.4, -0.2) is 50.2 Å². The molecular formula is C19H14N6O5. The lowest BCUT2D eigenvalue weighted by molar-refractivity contribution is 0.0600.